The van der Waals surface area contributed by atoms with Crippen LogP contribution in [0.25, 0.3) is 0 Å². The van der Waals surface area contributed by atoms with Crippen LogP contribution in [0.15, 0.2) is 0 Å². The lowest BCUT2D eigenvalue weighted by molar-refractivity contribution is 0.105. The summed E-state index contributed by atoms with van der Waals surface area (Å²) in [6, 6.07) is 0. The van der Waals surface area contributed by atoms with Gasteiger partial charge in [0, 0.05) is 6.54 Å². The van der Waals surface area contributed by atoms with Gasteiger partial charge >= 0.3 is 0 Å². The zero-order chi connectivity index (χ0) is 8.97. The lowest BCUT2D eigenvalue weighted by Crippen LogP contribution is -2.30. The fraction of sp³-hybridized carbons (Fsp3) is 1.00. The number of aliphatic hydroxyl groups is 1. The second-order valence-corrected chi connectivity index (χ2v) is 4.29. The van der Waals surface area contributed by atoms with Gasteiger partial charge in [0.05, 0.1) is 6.10 Å². The molecule has 1 heterocycles. The lowest BCUT2D eigenvalue weighted by Gasteiger charge is -2.20. The first-order valence-corrected chi connectivity index (χ1v) is 5.09. The minimum Gasteiger partial charge on any atom is -0.392 e. The first-order chi connectivity index (χ1) is 5.68. The van der Waals surface area contributed by atoms with Crippen LogP contribution >= 0.6 is 0 Å². The molecule has 1 atom stereocenters. The largest absolute Gasteiger partial charge is 0.392 e. The normalized spacial score (nSPS) is 22.0. The highest BCUT2D eigenvalue weighted by molar-refractivity contribution is 4.70. The molecule has 0 bridgehead atoms. The summed E-state index contributed by atoms with van der Waals surface area (Å²) in [5.41, 5.74) is 0. The van der Waals surface area contributed by atoms with Crippen LogP contribution in [0.2, 0.25) is 0 Å². The van der Waals surface area contributed by atoms with Gasteiger partial charge in [0.2, 0.25) is 0 Å². The standard InChI is InChI=1S/C10H21NO/c1-9(2)7-10(12)8-11-5-3-4-6-11/h9-10,12H,3-8H2,1-2H3. The number of aliphatic hydroxyl groups excluding tert-OH is 1. The summed E-state index contributed by atoms with van der Waals surface area (Å²) in [5, 5.41) is 9.64. The van der Waals surface area contributed by atoms with E-state index in [1.165, 1.54) is 25.9 Å². The van der Waals surface area contributed by atoms with E-state index < -0.39 is 0 Å². The maximum Gasteiger partial charge on any atom is 0.0669 e. The Labute approximate surface area is 75.6 Å². The summed E-state index contributed by atoms with van der Waals surface area (Å²) in [6.45, 7) is 7.59. The Hall–Kier alpha value is -0.0800. The van der Waals surface area contributed by atoms with Crippen molar-refractivity contribution in [1.29, 1.82) is 0 Å². The summed E-state index contributed by atoms with van der Waals surface area (Å²) in [7, 11) is 0. The molecule has 1 N–H and O–H groups in total. The first-order valence-electron chi connectivity index (χ1n) is 5.09. The van der Waals surface area contributed by atoms with Crippen LogP contribution in [-0.2, 0) is 0 Å². The summed E-state index contributed by atoms with van der Waals surface area (Å²) in [5.74, 6) is 0.614. The highest BCUT2D eigenvalue weighted by Crippen LogP contribution is 2.11. The average molecular weight is 171 g/mol. The second-order valence-electron chi connectivity index (χ2n) is 4.29. The Morgan fingerprint density at radius 1 is 1.25 bits per heavy atom. The van der Waals surface area contributed by atoms with Gasteiger partial charge in [0.25, 0.3) is 0 Å². The Morgan fingerprint density at radius 2 is 1.83 bits per heavy atom. The van der Waals surface area contributed by atoms with Gasteiger partial charge in [0.1, 0.15) is 0 Å². The van der Waals surface area contributed by atoms with Crippen LogP contribution in [0, 0.1) is 5.92 Å². The Balaban J connectivity index is 2.11. The van der Waals surface area contributed by atoms with Crippen molar-refractivity contribution in [2.75, 3.05) is 19.6 Å². The Kier molecular flexibility index (Phi) is 4.02. The molecule has 1 rings (SSSR count). The van der Waals surface area contributed by atoms with Gasteiger partial charge in [-0.05, 0) is 38.3 Å². The van der Waals surface area contributed by atoms with E-state index >= 15 is 0 Å². The molecular formula is C10H21NO. The third kappa shape index (κ3) is 3.55. The fourth-order valence-corrected chi connectivity index (χ4v) is 1.88. The van der Waals surface area contributed by atoms with Gasteiger partial charge in [-0.2, -0.15) is 0 Å². The van der Waals surface area contributed by atoms with Crippen molar-refractivity contribution in [3.8, 4) is 0 Å². The maximum absolute atomic E-state index is 9.64. The molecule has 0 radical (unpaired) electrons. The smallest absolute Gasteiger partial charge is 0.0669 e. The predicted molar refractivity (Wildman–Crippen MR) is 51.1 cm³/mol. The Bertz CT molecular complexity index is 119. The third-order valence-corrected chi connectivity index (χ3v) is 2.41. The van der Waals surface area contributed by atoms with E-state index in [-0.39, 0.29) is 6.10 Å². The molecule has 0 aromatic rings. The second kappa shape index (κ2) is 4.83. The van der Waals surface area contributed by atoms with E-state index in [0.29, 0.717) is 5.92 Å². The van der Waals surface area contributed by atoms with E-state index in [2.05, 4.69) is 18.7 Å². The molecule has 0 spiro atoms. The zero-order valence-electron chi connectivity index (χ0n) is 8.29. The molecule has 12 heavy (non-hydrogen) atoms. The Morgan fingerprint density at radius 3 is 2.33 bits per heavy atom. The van der Waals surface area contributed by atoms with Gasteiger partial charge in [-0.15, -0.1) is 0 Å². The highest BCUT2D eigenvalue weighted by Gasteiger charge is 2.15. The number of hydrogen-bond donors (Lipinski definition) is 1. The molecular weight excluding hydrogens is 150 g/mol. The van der Waals surface area contributed by atoms with E-state index in [9.17, 15) is 5.11 Å². The summed E-state index contributed by atoms with van der Waals surface area (Å²) in [6.07, 6.45) is 3.46. The molecule has 1 aliphatic rings. The number of nitrogens with zero attached hydrogens (tertiary/aromatic N) is 1. The molecule has 1 aliphatic heterocycles. The van der Waals surface area contributed by atoms with E-state index in [1.54, 1.807) is 0 Å². The van der Waals surface area contributed by atoms with Crippen LogP contribution in [0.1, 0.15) is 33.1 Å². The van der Waals surface area contributed by atoms with E-state index in [4.69, 9.17) is 0 Å². The van der Waals surface area contributed by atoms with Crippen molar-refractivity contribution in [3.05, 3.63) is 0 Å². The molecule has 1 fully saturated rings. The molecule has 2 nitrogen and oxygen atoms in total. The van der Waals surface area contributed by atoms with Gasteiger partial charge in [-0.25, -0.2) is 0 Å². The van der Waals surface area contributed by atoms with E-state index in [1.807, 2.05) is 0 Å². The predicted octanol–water partition coefficient (Wildman–Crippen LogP) is 1.49. The van der Waals surface area contributed by atoms with Crippen LogP contribution in [0.4, 0.5) is 0 Å². The average Bonchev–Trinajstić information content (AvgIpc) is 2.37. The van der Waals surface area contributed by atoms with Gasteiger partial charge < -0.3 is 10.0 Å². The maximum atomic E-state index is 9.64. The number of β-amino-alcohol motifs (C(OH)–C–C–N with tert-alkyl or cyclic N) is 1. The minimum absolute atomic E-state index is 0.108. The third-order valence-electron chi connectivity index (χ3n) is 2.41. The minimum atomic E-state index is -0.108. The van der Waals surface area contributed by atoms with Gasteiger partial charge in [0.15, 0.2) is 0 Å². The van der Waals surface area contributed by atoms with Crippen molar-refractivity contribution in [3.63, 3.8) is 0 Å². The van der Waals surface area contributed by atoms with Crippen LogP contribution in [0.3, 0.4) is 0 Å². The topological polar surface area (TPSA) is 23.5 Å². The fourth-order valence-electron chi connectivity index (χ4n) is 1.88. The number of likely N-dealkylation sites (tertiary alicyclic amines) is 1. The van der Waals surface area contributed by atoms with Crippen molar-refractivity contribution in [1.82, 2.24) is 4.90 Å². The van der Waals surface area contributed by atoms with Gasteiger partial charge in [-0.3, -0.25) is 0 Å². The van der Waals surface area contributed by atoms with Crippen LogP contribution in [0.5, 0.6) is 0 Å². The molecule has 0 saturated carbocycles. The number of rotatable bonds is 4. The molecule has 0 aromatic heterocycles. The van der Waals surface area contributed by atoms with Crippen LogP contribution < -0.4 is 0 Å². The summed E-state index contributed by atoms with van der Waals surface area (Å²) in [4.78, 5) is 2.37. The van der Waals surface area contributed by atoms with Gasteiger partial charge in [-0.1, -0.05) is 13.8 Å². The molecule has 1 unspecified atom stereocenters. The van der Waals surface area contributed by atoms with Crippen molar-refractivity contribution in [2.45, 2.75) is 39.2 Å². The molecule has 1 saturated heterocycles. The molecule has 72 valence electrons. The molecule has 0 aliphatic carbocycles. The molecule has 0 amide bonds. The van der Waals surface area contributed by atoms with Crippen LogP contribution in [-0.4, -0.2) is 35.7 Å². The molecule has 0 aromatic carbocycles. The highest BCUT2D eigenvalue weighted by atomic mass is 16.3. The summed E-state index contributed by atoms with van der Waals surface area (Å²) < 4.78 is 0. The quantitative estimate of drug-likeness (QED) is 0.692. The van der Waals surface area contributed by atoms with Crippen molar-refractivity contribution in [2.24, 2.45) is 5.92 Å². The van der Waals surface area contributed by atoms with Crippen molar-refractivity contribution >= 4 is 0 Å². The first kappa shape index (κ1) is 10.0. The lowest BCUT2D eigenvalue weighted by atomic mass is 10.1. The number of hydrogen-bond acceptors (Lipinski definition) is 2. The SMILES string of the molecule is CC(C)CC(O)CN1CCCC1. The summed E-state index contributed by atoms with van der Waals surface area (Å²) >= 11 is 0. The van der Waals surface area contributed by atoms with Crippen molar-refractivity contribution < 1.29 is 5.11 Å². The monoisotopic (exact) mass is 171 g/mol. The molecule has 2 heteroatoms. The van der Waals surface area contributed by atoms with E-state index in [0.717, 1.165) is 13.0 Å². The zero-order valence-corrected chi connectivity index (χ0v) is 8.29.